The molecule has 1 saturated heterocycles. The minimum Gasteiger partial charge on any atom is -0.495 e. The third kappa shape index (κ3) is 2.78. The molecular formula is C14H22BNO3S. The molecule has 0 radical (unpaired) electrons. The number of benzene rings is 1. The summed E-state index contributed by atoms with van der Waals surface area (Å²) in [5.74, 6) is 0.805. The summed E-state index contributed by atoms with van der Waals surface area (Å²) in [6.45, 7) is 8.21. The van der Waals surface area contributed by atoms with E-state index in [-0.39, 0.29) is 18.3 Å². The smallest absolute Gasteiger partial charge is 0.494 e. The maximum Gasteiger partial charge on any atom is 0.494 e. The van der Waals surface area contributed by atoms with E-state index in [1.54, 1.807) is 7.11 Å². The highest BCUT2D eigenvalue weighted by Crippen LogP contribution is 2.37. The van der Waals surface area contributed by atoms with Gasteiger partial charge in [-0.15, -0.1) is 0 Å². The summed E-state index contributed by atoms with van der Waals surface area (Å²) in [6.07, 6.45) is 1.97. The molecule has 0 aromatic heterocycles. The Labute approximate surface area is 125 Å². The van der Waals surface area contributed by atoms with E-state index in [1.165, 1.54) is 11.9 Å². The fourth-order valence-corrected chi connectivity index (χ4v) is 2.42. The molecule has 1 N–H and O–H groups in total. The Balaban J connectivity index is 2.29. The lowest BCUT2D eigenvalue weighted by Gasteiger charge is -2.32. The highest BCUT2D eigenvalue weighted by molar-refractivity contribution is 7.99. The summed E-state index contributed by atoms with van der Waals surface area (Å²) in [5, 5.41) is 0. The zero-order valence-corrected chi connectivity index (χ0v) is 13.8. The molecule has 1 heterocycles. The van der Waals surface area contributed by atoms with Gasteiger partial charge in [-0.05, 0) is 45.3 Å². The Bertz CT molecular complexity index is 477. The van der Waals surface area contributed by atoms with E-state index in [2.05, 4.69) is 32.4 Å². The molecule has 0 atom stereocenters. The lowest BCUT2D eigenvalue weighted by molar-refractivity contribution is 0.00578. The number of nitrogens with one attached hydrogen (secondary N) is 1. The maximum absolute atomic E-state index is 6.06. The molecule has 0 bridgehead atoms. The fraction of sp³-hybridized carbons (Fsp3) is 0.571. The normalized spacial score (nSPS) is 20.0. The Hall–Kier alpha value is -0.845. The van der Waals surface area contributed by atoms with Crippen molar-refractivity contribution in [3.8, 4) is 5.75 Å². The van der Waals surface area contributed by atoms with Crippen LogP contribution in [0.4, 0.5) is 5.69 Å². The summed E-state index contributed by atoms with van der Waals surface area (Å²) in [4.78, 5) is 0. The van der Waals surface area contributed by atoms with Gasteiger partial charge in [0.25, 0.3) is 0 Å². The molecule has 2 rings (SSSR count). The van der Waals surface area contributed by atoms with Crippen molar-refractivity contribution in [2.45, 2.75) is 38.9 Å². The van der Waals surface area contributed by atoms with Crippen LogP contribution in [0.3, 0.4) is 0 Å². The van der Waals surface area contributed by atoms with Crippen LogP contribution in [0.1, 0.15) is 27.7 Å². The van der Waals surface area contributed by atoms with Gasteiger partial charge in [-0.1, -0.05) is 18.0 Å². The van der Waals surface area contributed by atoms with Crippen LogP contribution in [0, 0.1) is 0 Å². The average molecular weight is 295 g/mol. The molecule has 6 heteroatoms. The number of rotatable bonds is 4. The predicted octanol–water partition coefficient (Wildman–Crippen LogP) is 2.68. The van der Waals surface area contributed by atoms with E-state index < -0.39 is 0 Å². The molecule has 1 aliphatic rings. The standard InChI is InChI=1S/C14H22BNO3S/c1-13(2)14(3,4)19-15(18-13)10-7-8-12(17-5)11(9-10)16-20-6/h7-9,16H,1-6H3. The van der Waals surface area contributed by atoms with Gasteiger partial charge < -0.3 is 18.8 Å². The van der Waals surface area contributed by atoms with Crippen molar-refractivity contribution >= 4 is 30.2 Å². The van der Waals surface area contributed by atoms with Crippen molar-refractivity contribution in [3.63, 3.8) is 0 Å². The van der Waals surface area contributed by atoms with Crippen LogP contribution < -0.4 is 14.9 Å². The summed E-state index contributed by atoms with van der Waals surface area (Å²) >= 11 is 1.52. The molecule has 4 nitrogen and oxygen atoms in total. The average Bonchev–Trinajstić information content (AvgIpc) is 2.59. The van der Waals surface area contributed by atoms with Gasteiger partial charge in [0.05, 0.1) is 24.0 Å². The minimum absolute atomic E-state index is 0.329. The van der Waals surface area contributed by atoms with Gasteiger partial charge in [-0.3, -0.25) is 0 Å². The molecule has 1 aromatic carbocycles. The molecule has 0 spiro atoms. The zero-order valence-electron chi connectivity index (χ0n) is 12.9. The van der Waals surface area contributed by atoms with Crippen molar-refractivity contribution in [2.24, 2.45) is 0 Å². The van der Waals surface area contributed by atoms with E-state index in [0.29, 0.717) is 0 Å². The van der Waals surface area contributed by atoms with Crippen molar-refractivity contribution in [1.29, 1.82) is 0 Å². The zero-order chi connectivity index (χ0) is 15.0. The number of hydrogen-bond donors (Lipinski definition) is 1. The Kier molecular flexibility index (Phi) is 4.28. The molecule has 110 valence electrons. The molecule has 0 saturated carbocycles. The fourth-order valence-electron chi connectivity index (χ4n) is 2.04. The van der Waals surface area contributed by atoms with E-state index in [4.69, 9.17) is 14.0 Å². The summed E-state index contributed by atoms with van der Waals surface area (Å²) < 4.78 is 20.7. The first-order chi connectivity index (χ1) is 9.30. The summed E-state index contributed by atoms with van der Waals surface area (Å²) in [5.41, 5.74) is 1.25. The van der Waals surface area contributed by atoms with Gasteiger partial charge in [-0.25, -0.2) is 0 Å². The summed E-state index contributed by atoms with van der Waals surface area (Å²) in [7, 11) is 1.31. The Morgan fingerprint density at radius 1 is 1.15 bits per heavy atom. The van der Waals surface area contributed by atoms with Crippen LogP contribution in [-0.2, 0) is 9.31 Å². The Morgan fingerprint density at radius 3 is 2.25 bits per heavy atom. The molecule has 1 aromatic rings. The van der Waals surface area contributed by atoms with Crippen LogP contribution >= 0.6 is 11.9 Å². The van der Waals surface area contributed by atoms with Gasteiger partial charge in [-0.2, -0.15) is 0 Å². The molecule has 0 unspecified atom stereocenters. The number of methoxy groups -OCH3 is 1. The van der Waals surface area contributed by atoms with Crippen LogP contribution in [0.2, 0.25) is 0 Å². The second-order valence-corrected chi connectivity index (χ2v) is 6.47. The first-order valence-corrected chi connectivity index (χ1v) is 7.86. The van der Waals surface area contributed by atoms with Gasteiger partial charge in [0.2, 0.25) is 0 Å². The molecular weight excluding hydrogens is 273 g/mol. The topological polar surface area (TPSA) is 39.7 Å². The first-order valence-electron chi connectivity index (χ1n) is 6.63. The van der Waals surface area contributed by atoms with Gasteiger partial charge in [0.1, 0.15) is 5.75 Å². The van der Waals surface area contributed by atoms with Crippen molar-refractivity contribution in [1.82, 2.24) is 0 Å². The first kappa shape index (κ1) is 15.5. The SMILES string of the molecule is COc1ccc(B2OC(C)(C)C(C)(C)O2)cc1NSC. The van der Waals surface area contributed by atoms with E-state index >= 15 is 0 Å². The van der Waals surface area contributed by atoms with Crippen molar-refractivity contribution in [2.75, 3.05) is 18.1 Å². The third-order valence-electron chi connectivity index (χ3n) is 3.96. The second-order valence-electron chi connectivity index (χ2n) is 5.85. The van der Waals surface area contributed by atoms with Crippen molar-refractivity contribution < 1.29 is 14.0 Å². The quantitative estimate of drug-likeness (QED) is 0.683. The molecule has 0 amide bonds. The largest absolute Gasteiger partial charge is 0.495 e. The van der Waals surface area contributed by atoms with Crippen LogP contribution in [0.25, 0.3) is 0 Å². The highest BCUT2D eigenvalue weighted by Gasteiger charge is 2.51. The number of anilines is 1. The highest BCUT2D eigenvalue weighted by atomic mass is 32.2. The number of hydrogen-bond acceptors (Lipinski definition) is 5. The van der Waals surface area contributed by atoms with E-state index in [9.17, 15) is 0 Å². The van der Waals surface area contributed by atoms with E-state index in [1.807, 2.05) is 24.5 Å². The van der Waals surface area contributed by atoms with E-state index in [0.717, 1.165) is 16.9 Å². The number of ether oxygens (including phenoxy) is 1. The molecule has 1 fully saturated rings. The Morgan fingerprint density at radius 2 is 1.75 bits per heavy atom. The lowest BCUT2D eigenvalue weighted by Crippen LogP contribution is -2.41. The van der Waals surface area contributed by atoms with Crippen LogP contribution in [-0.4, -0.2) is 31.7 Å². The van der Waals surface area contributed by atoms with Gasteiger partial charge in [0.15, 0.2) is 0 Å². The van der Waals surface area contributed by atoms with Gasteiger partial charge in [0, 0.05) is 6.26 Å². The lowest BCUT2D eigenvalue weighted by atomic mass is 9.79. The molecule has 0 aliphatic carbocycles. The molecule has 20 heavy (non-hydrogen) atoms. The monoisotopic (exact) mass is 295 g/mol. The van der Waals surface area contributed by atoms with Crippen molar-refractivity contribution in [3.05, 3.63) is 18.2 Å². The predicted molar refractivity (Wildman–Crippen MR) is 85.8 cm³/mol. The third-order valence-corrected chi connectivity index (χ3v) is 4.39. The second kappa shape index (κ2) is 5.50. The van der Waals surface area contributed by atoms with Gasteiger partial charge >= 0.3 is 7.12 Å². The minimum atomic E-state index is -0.353. The van der Waals surface area contributed by atoms with Crippen LogP contribution in [0.15, 0.2) is 18.2 Å². The molecule has 1 aliphatic heterocycles. The maximum atomic E-state index is 6.06. The van der Waals surface area contributed by atoms with Crippen LogP contribution in [0.5, 0.6) is 5.75 Å². The summed E-state index contributed by atoms with van der Waals surface area (Å²) in [6, 6.07) is 5.92.